The molecular formula is C19H17N3O6S. The number of carbonyl (C=O) groups is 1. The highest BCUT2D eigenvalue weighted by molar-refractivity contribution is 7.90. The zero-order valence-electron chi connectivity index (χ0n) is 15.2. The summed E-state index contributed by atoms with van der Waals surface area (Å²) in [6.07, 6.45) is -0.175. The van der Waals surface area contributed by atoms with Gasteiger partial charge in [-0.25, -0.2) is 13.2 Å². The van der Waals surface area contributed by atoms with Gasteiger partial charge in [0.15, 0.2) is 9.84 Å². The van der Waals surface area contributed by atoms with Gasteiger partial charge in [-0.15, -0.1) is 10.2 Å². The van der Waals surface area contributed by atoms with Gasteiger partial charge in [-0.3, -0.25) is 0 Å². The molecular weight excluding hydrogens is 398 g/mol. The van der Waals surface area contributed by atoms with E-state index in [9.17, 15) is 23.4 Å². The number of azo groups is 1. The molecule has 9 nitrogen and oxygen atoms in total. The number of sulfone groups is 1. The van der Waals surface area contributed by atoms with E-state index in [1.807, 2.05) is 0 Å². The summed E-state index contributed by atoms with van der Waals surface area (Å²) in [4.78, 5) is 10.8. The van der Waals surface area contributed by atoms with Gasteiger partial charge in [-0.05, 0) is 35.2 Å². The Kier molecular flexibility index (Phi) is 5.37. The maximum Gasteiger partial charge on any atom is 0.404 e. The third kappa shape index (κ3) is 4.43. The van der Waals surface area contributed by atoms with Crippen molar-refractivity contribution in [2.45, 2.75) is 11.4 Å². The summed E-state index contributed by atoms with van der Waals surface area (Å²) in [7, 11) is -3.52. The van der Waals surface area contributed by atoms with Crippen LogP contribution in [0.3, 0.4) is 0 Å². The number of hydrogen-bond donors (Lipinski definition) is 4. The largest absolute Gasteiger partial charge is 0.506 e. The normalized spacial score (nSPS) is 11.8. The number of phenols is 2. The minimum atomic E-state index is -3.52. The summed E-state index contributed by atoms with van der Waals surface area (Å²) in [6, 6.07) is 11.8. The molecule has 3 aromatic carbocycles. The number of amides is 1. The van der Waals surface area contributed by atoms with Gasteiger partial charge in [0.2, 0.25) is 0 Å². The molecule has 0 saturated carbocycles. The van der Waals surface area contributed by atoms with Crippen LogP contribution >= 0.6 is 0 Å². The van der Waals surface area contributed by atoms with E-state index in [0.29, 0.717) is 16.3 Å². The van der Waals surface area contributed by atoms with E-state index in [2.05, 4.69) is 15.5 Å². The highest BCUT2D eigenvalue weighted by Gasteiger charge is 2.13. The first-order valence-electron chi connectivity index (χ1n) is 8.32. The summed E-state index contributed by atoms with van der Waals surface area (Å²) >= 11 is 0. The predicted octanol–water partition coefficient (Wildman–Crippen LogP) is 3.84. The number of fused-ring (bicyclic) bond motifs is 1. The third-order valence-corrected chi connectivity index (χ3v) is 5.26. The van der Waals surface area contributed by atoms with E-state index in [1.165, 1.54) is 24.3 Å². The van der Waals surface area contributed by atoms with E-state index in [4.69, 9.17) is 5.11 Å². The topological polar surface area (TPSA) is 149 Å². The minimum Gasteiger partial charge on any atom is -0.506 e. The summed E-state index contributed by atoms with van der Waals surface area (Å²) in [5.74, 6) is -0.489. The molecule has 0 radical (unpaired) electrons. The van der Waals surface area contributed by atoms with Crippen LogP contribution in [0.5, 0.6) is 11.5 Å². The van der Waals surface area contributed by atoms with E-state index in [1.54, 1.807) is 24.3 Å². The van der Waals surface area contributed by atoms with Crippen molar-refractivity contribution in [2.75, 3.05) is 6.26 Å². The highest BCUT2D eigenvalue weighted by Crippen LogP contribution is 2.39. The molecule has 0 aliphatic rings. The highest BCUT2D eigenvalue weighted by atomic mass is 32.2. The van der Waals surface area contributed by atoms with Gasteiger partial charge in [0.1, 0.15) is 22.9 Å². The molecule has 29 heavy (non-hydrogen) atoms. The Morgan fingerprint density at radius 1 is 1.03 bits per heavy atom. The first-order valence-corrected chi connectivity index (χ1v) is 10.2. The van der Waals surface area contributed by atoms with Crippen LogP contribution in [0.25, 0.3) is 10.8 Å². The number of aromatic hydroxyl groups is 2. The molecule has 3 aromatic rings. The maximum absolute atomic E-state index is 11.7. The lowest BCUT2D eigenvalue weighted by molar-refractivity contribution is 0.194. The molecule has 0 aliphatic carbocycles. The van der Waals surface area contributed by atoms with Crippen LogP contribution in [0.1, 0.15) is 5.56 Å². The van der Waals surface area contributed by atoms with Crippen molar-refractivity contribution in [3.63, 3.8) is 0 Å². The Labute approximate surface area is 165 Å². The maximum atomic E-state index is 11.7. The Hall–Kier alpha value is -3.66. The molecule has 0 fully saturated rings. The molecule has 0 saturated heterocycles. The monoisotopic (exact) mass is 415 g/mol. The molecule has 4 N–H and O–H groups in total. The summed E-state index contributed by atoms with van der Waals surface area (Å²) < 4.78 is 23.4. The van der Waals surface area contributed by atoms with E-state index in [-0.39, 0.29) is 34.3 Å². The second kappa shape index (κ2) is 7.76. The SMILES string of the molecule is CS(=O)(=O)c1ccc(O)c(N=Nc2c(O)ccc3cccc(CNC(=O)O)c23)c1. The number of nitrogens with one attached hydrogen (secondary N) is 1. The van der Waals surface area contributed by atoms with E-state index < -0.39 is 15.9 Å². The number of carboxylic acid groups (broad SMARTS) is 1. The van der Waals surface area contributed by atoms with Gasteiger partial charge < -0.3 is 20.6 Å². The van der Waals surface area contributed by atoms with Crippen LogP contribution in [0.4, 0.5) is 16.2 Å². The van der Waals surface area contributed by atoms with Gasteiger partial charge in [0.05, 0.1) is 4.90 Å². The zero-order valence-corrected chi connectivity index (χ0v) is 16.0. The summed E-state index contributed by atoms with van der Waals surface area (Å²) in [6.45, 7) is -0.0204. The molecule has 0 aliphatic heterocycles. The van der Waals surface area contributed by atoms with Crippen LogP contribution in [0.15, 0.2) is 63.7 Å². The molecule has 0 bridgehead atoms. The first-order chi connectivity index (χ1) is 13.7. The molecule has 0 heterocycles. The van der Waals surface area contributed by atoms with Crippen molar-refractivity contribution in [2.24, 2.45) is 10.2 Å². The lowest BCUT2D eigenvalue weighted by Crippen LogP contribution is -2.20. The second-order valence-corrected chi connectivity index (χ2v) is 8.25. The van der Waals surface area contributed by atoms with Gasteiger partial charge in [-0.2, -0.15) is 0 Å². The van der Waals surface area contributed by atoms with Crippen molar-refractivity contribution < 1.29 is 28.5 Å². The van der Waals surface area contributed by atoms with Gasteiger partial charge >= 0.3 is 6.09 Å². The molecule has 150 valence electrons. The van der Waals surface area contributed by atoms with E-state index in [0.717, 1.165) is 6.26 Å². The average Bonchev–Trinajstić information content (AvgIpc) is 2.65. The molecule has 0 spiro atoms. The Morgan fingerprint density at radius 3 is 2.45 bits per heavy atom. The third-order valence-electron chi connectivity index (χ3n) is 4.15. The molecule has 1 amide bonds. The van der Waals surface area contributed by atoms with E-state index >= 15 is 0 Å². The zero-order chi connectivity index (χ0) is 21.2. The Morgan fingerprint density at radius 2 is 1.76 bits per heavy atom. The predicted molar refractivity (Wildman–Crippen MR) is 106 cm³/mol. The number of phenolic OH excluding ortho intramolecular Hbond substituents is 2. The smallest absolute Gasteiger partial charge is 0.404 e. The fourth-order valence-electron chi connectivity index (χ4n) is 2.76. The minimum absolute atomic E-state index is 0.0204. The standard InChI is InChI=1S/C19H17N3O6S/c1-29(27,28)13-6-8-15(23)14(9-13)21-22-18-16(24)7-5-11-3-2-4-12(17(11)18)10-20-19(25)26/h2-9,20,23-24H,10H2,1H3,(H,25,26). The molecule has 3 rings (SSSR count). The van der Waals surface area contributed by atoms with Gasteiger partial charge in [0, 0.05) is 18.2 Å². The summed E-state index contributed by atoms with van der Waals surface area (Å²) in [5.41, 5.74) is 0.531. The van der Waals surface area contributed by atoms with Crippen LogP contribution in [0, 0.1) is 0 Å². The molecule has 0 aromatic heterocycles. The van der Waals surface area contributed by atoms with Crippen molar-refractivity contribution >= 4 is 38.1 Å². The second-order valence-electron chi connectivity index (χ2n) is 6.23. The molecule has 10 heteroatoms. The van der Waals surface area contributed by atoms with Crippen molar-refractivity contribution in [3.8, 4) is 11.5 Å². The van der Waals surface area contributed by atoms with Crippen LogP contribution in [0.2, 0.25) is 0 Å². The van der Waals surface area contributed by atoms with Gasteiger partial charge in [0.25, 0.3) is 0 Å². The number of nitrogens with zero attached hydrogens (tertiary/aromatic N) is 2. The summed E-state index contributed by atoms with van der Waals surface area (Å²) in [5, 5.41) is 40.5. The lowest BCUT2D eigenvalue weighted by Gasteiger charge is -2.10. The van der Waals surface area contributed by atoms with Crippen molar-refractivity contribution in [3.05, 3.63) is 54.1 Å². The van der Waals surface area contributed by atoms with Crippen molar-refractivity contribution in [1.29, 1.82) is 0 Å². The molecule has 0 unspecified atom stereocenters. The fourth-order valence-corrected chi connectivity index (χ4v) is 3.40. The lowest BCUT2D eigenvalue weighted by atomic mass is 10.0. The number of hydrogen-bond acceptors (Lipinski definition) is 7. The molecule has 0 atom stereocenters. The first kappa shape index (κ1) is 20.1. The van der Waals surface area contributed by atoms with Crippen LogP contribution in [-0.2, 0) is 16.4 Å². The van der Waals surface area contributed by atoms with Crippen LogP contribution in [-0.4, -0.2) is 36.1 Å². The fraction of sp³-hybridized carbons (Fsp3) is 0.105. The Bertz CT molecular complexity index is 1240. The Balaban J connectivity index is 2.13. The average molecular weight is 415 g/mol. The van der Waals surface area contributed by atoms with Gasteiger partial charge in [-0.1, -0.05) is 24.3 Å². The number of benzene rings is 3. The quantitative estimate of drug-likeness (QED) is 0.465. The van der Waals surface area contributed by atoms with Crippen molar-refractivity contribution in [1.82, 2.24) is 5.32 Å². The van der Waals surface area contributed by atoms with Crippen LogP contribution < -0.4 is 5.32 Å². The number of rotatable bonds is 5.